The van der Waals surface area contributed by atoms with Gasteiger partial charge in [0.2, 0.25) is 5.91 Å². The highest BCUT2D eigenvalue weighted by atomic mass is 32.2. The van der Waals surface area contributed by atoms with Crippen LogP contribution in [0.3, 0.4) is 0 Å². The maximum absolute atomic E-state index is 12.3. The summed E-state index contributed by atoms with van der Waals surface area (Å²) in [6.45, 7) is 1.64. The smallest absolute Gasteiger partial charge is 0.506 e. The zero-order chi connectivity index (χ0) is 17.2. The number of ether oxygens (including phenoxy) is 1. The first-order chi connectivity index (χ1) is 10.7. The van der Waals surface area contributed by atoms with Gasteiger partial charge in [-0.25, -0.2) is 0 Å². The number of alkyl halides is 3. The molecule has 0 saturated carbocycles. The third-order valence-electron chi connectivity index (χ3n) is 3.20. The molecule has 1 amide bonds. The Morgan fingerprint density at radius 3 is 2.78 bits per heavy atom. The predicted molar refractivity (Wildman–Crippen MR) is 78.4 cm³/mol. The molecule has 1 atom stereocenters. The molecule has 1 aliphatic rings. The maximum Gasteiger partial charge on any atom is 0.573 e. The number of benzene rings is 1. The van der Waals surface area contributed by atoms with Crippen LogP contribution >= 0.6 is 11.8 Å². The number of thioether (sulfide) groups is 1. The minimum Gasteiger partial charge on any atom is -0.506 e. The van der Waals surface area contributed by atoms with E-state index < -0.39 is 12.1 Å². The first-order valence-corrected chi connectivity index (χ1v) is 7.67. The van der Waals surface area contributed by atoms with Crippen LogP contribution in [0.4, 0.5) is 18.9 Å². The fourth-order valence-corrected chi connectivity index (χ4v) is 2.97. The molecule has 1 heterocycles. The fourth-order valence-electron chi connectivity index (χ4n) is 2.28. The van der Waals surface area contributed by atoms with Crippen molar-refractivity contribution in [1.29, 1.82) is 0 Å². The average Bonchev–Trinajstić information content (AvgIpc) is 2.78. The van der Waals surface area contributed by atoms with E-state index in [1.165, 1.54) is 11.8 Å². The number of hydrogen-bond donors (Lipinski definition) is 1. The second kappa shape index (κ2) is 6.69. The third kappa shape index (κ3) is 4.78. The standard InChI is InChI=1S/C14H14F3NO4S/c1-8(19)23-7-9-4-13(21)18(6-9)11-5-10(2-3-12(11)20)22-14(15,16)17/h2-3,5,9,20H,4,6-7H2,1H3. The molecule has 1 unspecified atom stereocenters. The van der Waals surface area contributed by atoms with Gasteiger partial charge < -0.3 is 14.7 Å². The molecule has 1 N–H and O–H groups in total. The SMILES string of the molecule is CC(=O)SCC1CC(=O)N(c2cc(OC(F)(F)F)ccc2O)C1. The van der Waals surface area contributed by atoms with Gasteiger partial charge in [0.05, 0.1) is 5.69 Å². The van der Waals surface area contributed by atoms with Crippen LogP contribution in [0.15, 0.2) is 18.2 Å². The zero-order valence-electron chi connectivity index (χ0n) is 12.1. The second-order valence-corrected chi connectivity index (χ2v) is 6.27. The van der Waals surface area contributed by atoms with Crippen molar-refractivity contribution in [3.63, 3.8) is 0 Å². The summed E-state index contributed by atoms with van der Waals surface area (Å²) in [7, 11) is 0. The number of carbonyl (C=O) groups is 2. The van der Waals surface area contributed by atoms with Crippen LogP contribution in [0, 0.1) is 5.92 Å². The molecule has 0 aliphatic carbocycles. The summed E-state index contributed by atoms with van der Waals surface area (Å²) in [5, 5.41) is 9.76. The lowest BCUT2D eigenvalue weighted by Gasteiger charge is -2.19. The lowest BCUT2D eigenvalue weighted by atomic mass is 10.1. The van der Waals surface area contributed by atoms with Crippen LogP contribution in [0.5, 0.6) is 11.5 Å². The van der Waals surface area contributed by atoms with Crippen molar-refractivity contribution in [1.82, 2.24) is 0 Å². The molecular formula is C14H14F3NO4S. The van der Waals surface area contributed by atoms with Crippen molar-refractivity contribution in [3.05, 3.63) is 18.2 Å². The van der Waals surface area contributed by atoms with Crippen molar-refractivity contribution >= 4 is 28.5 Å². The van der Waals surface area contributed by atoms with Gasteiger partial charge >= 0.3 is 6.36 Å². The number of rotatable bonds is 4. The van der Waals surface area contributed by atoms with Gasteiger partial charge in [0.25, 0.3) is 0 Å². The molecule has 1 fully saturated rings. The quantitative estimate of drug-likeness (QED) is 0.905. The van der Waals surface area contributed by atoms with Crippen LogP contribution < -0.4 is 9.64 Å². The Morgan fingerprint density at radius 2 is 2.17 bits per heavy atom. The molecule has 0 aromatic heterocycles. The van der Waals surface area contributed by atoms with E-state index in [4.69, 9.17) is 0 Å². The van der Waals surface area contributed by atoms with Crippen LogP contribution in [0.1, 0.15) is 13.3 Å². The average molecular weight is 349 g/mol. The Labute approximate surface area is 134 Å². The molecule has 0 bridgehead atoms. The van der Waals surface area contributed by atoms with E-state index in [1.807, 2.05) is 0 Å². The fraction of sp³-hybridized carbons (Fsp3) is 0.429. The highest BCUT2D eigenvalue weighted by Crippen LogP contribution is 2.37. The van der Waals surface area contributed by atoms with Crippen molar-refractivity contribution < 1.29 is 32.6 Å². The van der Waals surface area contributed by atoms with E-state index in [2.05, 4.69) is 4.74 Å². The minimum absolute atomic E-state index is 0.0351. The van der Waals surface area contributed by atoms with Crippen molar-refractivity contribution in [2.75, 3.05) is 17.2 Å². The van der Waals surface area contributed by atoms with Crippen LogP contribution in [-0.4, -0.2) is 34.8 Å². The van der Waals surface area contributed by atoms with Crippen molar-refractivity contribution in [2.24, 2.45) is 5.92 Å². The van der Waals surface area contributed by atoms with Gasteiger partial charge in [0.1, 0.15) is 11.5 Å². The second-order valence-electron chi connectivity index (χ2n) is 5.08. The summed E-state index contributed by atoms with van der Waals surface area (Å²) in [6, 6.07) is 2.98. The molecule has 1 aliphatic heterocycles. The molecule has 9 heteroatoms. The summed E-state index contributed by atoms with van der Waals surface area (Å²) < 4.78 is 40.6. The van der Waals surface area contributed by atoms with E-state index in [0.29, 0.717) is 5.75 Å². The van der Waals surface area contributed by atoms with Crippen LogP contribution in [0.2, 0.25) is 0 Å². The number of halogens is 3. The Hall–Kier alpha value is -1.90. The normalized spacial score (nSPS) is 18.3. The van der Waals surface area contributed by atoms with Gasteiger partial charge in [-0.1, -0.05) is 11.8 Å². The number of phenols is 1. The summed E-state index contributed by atoms with van der Waals surface area (Å²) >= 11 is 1.09. The first-order valence-electron chi connectivity index (χ1n) is 6.68. The number of aromatic hydroxyl groups is 1. The van der Waals surface area contributed by atoms with Crippen molar-refractivity contribution in [3.8, 4) is 11.5 Å². The lowest BCUT2D eigenvalue weighted by Crippen LogP contribution is -2.25. The van der Waals surface area contributed by atoms with Gasteiger partial charge in [-0.15, -0.1) is 13.2 Å². The van der Waals surface area contributed by atoms with Gasteiger partial charge in [-0.2, -0.15) is 0 Å². The number of carbonyl (C=O) groups excluding carboxylic acids is 2. The van der Waals surface area contributed by atoms with Crippen molar-refractivity contribution in [2.45, 2.75) is 19.7 Å². The molecule has 0 radical (unpaired) electrons. The molecule has 0 spiro atoms. The Kier molecular flexibility index (Phi) is 5.08. The Balaban J connectivity index is 2.16. The van der Waals surface area contributed by atoms with Crippen LogP contribution in [0.25, 0.3) is 0 Å². The number of nitrogens with zero attached hydrogens (tertiary/aromatic N) is 1. The third-order valence-corrected chi connectivity index (χ3v) is 4.24. The van der Waals surface area contributed by atoms with Crippen LogP contribution in [-0.2, 0) is 9.59 Å². The lowest BCUT2D eigenvalue weighted by molar-refractivity contribution is -0.274. The van der Waals surface area contributed by atoms with Gasteiger partial charge in [0, 0.05) is 31.7 Å². The number of amides is 1. The molecule has 1 saturated heterocycles. The highest BCUT2D eigenvalue weighted by molar-refractivity contribution is 8.13. The van der Waals surface area contributed by atoms with Gasteiger partial charge in [-0.05, 0) is 18.1 Å². The monoisotopic (exact) mass is 349 g/mol. The van der Waals surface area contributed by atoms with E-state index >= 15 is 0 Å². The van der Waals surface area contributed by atoms with E-state index in [-0.39, 0.29) is 41.3 Å². The van der Waals surface area contributed by atoms with E-state index in [1.54, 1.807) is 0 Å². The summed E-state index contributed by atoms with van der Waals surface area (Å²) in [5.41, 5.74) is -0.0351. The summed E-state index contributed by atoms with van der Waals surface area (Å²) in [6.07, 6.45) is -4.69. The number of hydrogen-bond acceptors (Lipinski definition) is 5. The molecule has 5 nitrogen and oxygen atoms in total. The molecule has 126 valence electrons. The Bertz CT molecular complexity index is 621. The largest absolute Gasteiger partial charge is 0.573 e. The molecule has 23 heavy (non-hydrogen) atoms. The molecule has 2 rings (SSSR count). The van der Waals surface area contributed by atoms with E-state index in [9.17, 15) is 27.9 Å². The maximum atomic E-state index is 12.3. The zero-order valence-corrected chi connectivity index (χ0v) is 12.9. The highest BCUT2D eigenvalue weighted by Gasteiger charge is 2.34. The molecule has 1 aromatic rings. The Morgan fingerprint density at radius 1 is 1.48 bits per heavy atom. The summed E-state index contributed by atoms with van der Waals surface area (Å²) in [5.74, 6) is -0.814. The van der Waals surface area contributed by atoms with Gasteiger partial charge in [0.15, 0.2) is 5.12 Å². The minimum atomic E-state index is -4.86. The number of anilines is 1. The first kappa shape index (κ1) is 17.5. The summed E-state index contributed by atoms with van der Waals surface area (Å²) in [4.78, 5) is 24.2. The van der Waals surface area contributed by atoms with Gasteiger partial charge in [-0.3, -0.25) is 9.59 Å². The molecular weight excluding hydrogens is 335 g/mol. The topological polar surface area (TPSA) is 66.8 Å². The number of phenolic OH excluding ortho intramolecular Hbond substituents is 1. The predicted octanol–water partition coefficient (Wildman–Crippen LogP) is 2.92. The molecule has 1 aromatic carbocycles. The van der Waals surface area contributed by atoms with E-state index in [0.717, 1.165) is 30.0 Å².